The first kappa shape index (κ1) is 26.8. The summed E-state index contributed by atoms with van der Waals surface area (Å²) >= 11 is 0. The Kier molecular flexibility index (Phi) is 6.91. The van der Waals surface area contributed by atoms with E-state index < -0.39 is 35.6 Å². The third kappa shape index (κ3) is 4.17. The maximum Gasteiger partial charge on any atom is 0.234 e. The molecule has 3 aromatic carbocycles. The lowest BCUT2D eigenvalue weighted by molar-refractivity contribution is -0.133. The smallest absolute Gasteiger partial charge is 0.234 e. The van der Waals surface area contributed by atoms with Crippen molar-refractivity contribution in [3.63, 3.8) is 0 Å². The largest absolute Gasteiger partial charge is 0.478 e. The van der Waals surface area contributed by atoms with Gasteiger partial charge in [-0.25, -0.2) is 9.24 Å². The van der Waals surface area contributed by atoms with Crippen LogP contribution in [0.4, 0.5) is 10.1 Å². The summed E-state index contributed by atoms with van der Waals surface area (Å²) in [5.41, 5.74) is -0.824. The summed E-state index contributed by atoms with van der Waals surface area (Å²) in [4.78, 5) is 18.2. The second-order valence-corrected chi connectivity index (χ2v) is 10.4. The third-order valence-corrected chi connectivity index (χ3v) is 7.75. The minimum atomic E-state index is -1.90. The van der Waals surface area contributed by atoms with Crippen LogP contribution in [0.2, 0.25) is 0 Å². The molecule has 202 valence electrons. The number of aliphatic hydroxyl groups is 3. The molecule has 4 N–H and O–H groups in total. The van der Waals surface area contributed by atoms with Gasteiger partial charge in [-0.2, -0.15) is 0 Å². The van der Waals surface area contributed by atoms with Gasteiger partial charge in [-0.1, -0.05) is 42.5 Å². The number of aliphatic hydroxyl groups excluding tert-OH is 2. The molecule has 0 radical (unpaired) electrons. The zero-order valence-corrected chi connectivity index (χ0v) is 21.7. The Hall–Kier alpha value is -3.81. The average molecular weight is 532 g/mol. The van der Waals surface area contributed by atoms with Crippen LogP contribution in [-0.2, 0) is 29.2 Å². The molecule has 0 aromatic heterocycles. The molecule has 1 fully saturated rings. The highest BCUT2D eigenvalue weighted by Gasteiger charge is 2.73. The number of likely N-dealkylation sites (N-methyl/N-ethyl adjacent to an activating group) is 1. The molecule has 3 aromatic rings. The van der Waals surface area contributed by atoms with E-state index in [1.54, 1.807) is 67.5 Å². The molecule has 0 saturated heterocycles. The highest BCUT2D eigenvalue weighted by molar-refractivity contribution is 5.79. The number of amides is 1. The zero-order chi connectivity index (χ0) is 27.9. The molecule has 39 heavy (non-hydrogen) atoms. The van der Waals surface area contributed by atoms with Gasteiger partial charge in [0.1, 0.15) is 11.6 Å². The van der Waals surface area contributed by atoms with Crippen LogP contribution in [-0.4, -0.2) is 52.8 Å². The van der Waals surface area contributed by atoms with Gasteiger partial charge in [0.2, 0.25) is 5.91 Å². The molecule has 9 heteroatoms. The number of benzene rings is 3. The van der Waals surface area contributed by atoms with E-state index in [2.05, 4.69) is 10.2 Å². The molecular weight excluding hydrogens is 501 g/mol. The van der Waals surface area contributed by atoms with Crippen LogP contribution in [0.1, 0.15) is 40.2 Å². The number of halogens is 1. The Labute approximate surface area is 226 Å². The fourth-order valence-corrected chi connectivity index (χ4v) is 6.29. The number of rotatable bonds is 7. The van der Waals surface area contributed by atoms with E-state index in [1.165, 1.54) is 12.1 Å². The summed E-state index contributed by atoms with van der Waals surface area (Å²) in [5.74, 6) is -1.15. The second kappa shape index (κ2) is 10.1. The summed E-state index contributed by atoms with van der Waals surface area (Å²) in [6, 6.07) is 15.0. The van der Waals surface area contributed by atoms with Gasteiger partial charge in [-0.3, -0.25) is 4.79 Å². The SMILES string of the molecule is [C-]#[N+]c1ccc([C@@]23Oc4cc(CO)cc(CO)c4[C@]2(O)[C@@H](NC(=O)CN(C)C)C[C@H]3c2cccc(F)c2)cc1. The molecule has 2 aliphatic rings. The quantitative estimate of drug-likeness (QED) is 0.349. The second-order valence-electron chi connectivity index (χ2n) is 10.4. The average Bonchev–Trinajstić information content (AvgIpc) is 3.32. The van der Waals surface area contributed by atoms with E-state index in [9.17, 15) is 24.5 Å². The maximum atomic E-state index is 14.5. The molecule has 0 spiro atoms. The lowest BCUT2D eigenvalue weighted by Crippen LogP contribution is -2.57. The summed E-state index contributed by atoms with van der Waals surface area (Å²) in [6.45, 7) is 6.69. The van der Waals surface area contributed by atoms with Crippen LogP contribution >= 0.6 is 0 Å². The van der Waals surface area contributed by atoms with Gasteiger partial charge in [0.05, 0.1) is 32.4 Å². The molecule has 8 nitrogen and oxygen atoms in total. The number of nitrogens with one attached hydrogen (secondary N) is 1. The number of hydrogen-bond acceptors (Lipinski definition) is 6. The first-order chi connectivity index (χ1) is 18.7. The van der Waals surface area contributed by atoms with Gasteiger partial charge < -0.3 is 30.3 Å². The van der Waals surface area contributed by atoms with Crippen molar-refractivity contribution in [3.8, 4) is 5.75 Å². The fraction of sp³-hybridized carbons (Fsp3) is 0.333. The Morgan fingerprint density at radius 3 is 2.51 bits per heavy atom. The molecule has 1 amide bonds. The monoisotopic (exact) mass is 531 g/mol. The zero-order valence-electron chi connectivity index (χ0n) is 21.7. The number of ether oxygens (including phenoxy) is 1. The Bertz CT molecular complexity index is 1450. The van der Waals surface area contributed by atoms with Crippen LogP contribution in [0.5, 0.6) is 5.75 Å². The summed E-state index contributed by atoms with van der Waals surface area (Å²) in [6.07, 6.45) is 0.204. The lowest BCUT2D eigenvalue weighted by Gasteiger charge is -2.42. The van der Waals surface area contributed by atoms with Gasteiger partial charge in [0.15, 0.2) is 16.9 Å². The van der Waals surface area contributed by atoms with Crippen molar-refractivity contribution in [2.75, 3.05) is 20.6 Å². The first-order valence-corrected chi connectivity index (χ1v) is 12.6. The number of hydrogen-bond donors (Lipinski definition) is 4. The standard InChI is InChI=1S/C30H30FN3O5/c1-32-23-9-7-21(8-10-23)30-24(19-5-4-6-22(31)13-19)14-26(33-27(37)15-34(2)3)29(30,38)28-20(17-36)11-18(16-35)12-25(28)39-30/h4-13,24,26,35-36,38H,14-17H2,2-3H3,(H,33,37)/t24-,26-,29+,30-/m0/s1. The van der Waals surface area contributed by atoms with Gasteiger partial charge in [-0.05, 0) is 61.0 Å². The molecule has 1 aliphatic carbocycles. The molecule has 0 unspecified atom stereocenters. The Balaban J connectivity index is 1.80. The molecule has 1 saturated carbocycles. The van der Waals surface area contributed by atoms with E-state index in [0.717, 1.165) is 0 Å². The summed E-state index contributed by atoms with van der Waals surface area (Å²) in [7, 11) is 3.52. The van der Waals surface area contributed by atoms with E-state index in [1.807, 2.05) is 0 Å². The van der Waals surface area contributed by atoms with E-state index in [0.29, 0.717) is 33.5 Å². The van der Waals surface area contributed by atoms with Crippen LogP contribution in [0.3, 0.4) is 0 Å². The van der Waals surface area contributed by atoms with Gasteiger partial charge in [0, 0.05) is 11.5 Å². The number of carbonyl (C=O) groups excluding carboxylic acids is 1. The number of carbonyl (C=O) groups is 1. The molecular formula is C30H30FN3O5. The van der Waals surface area contributed by atoms with E-state index in [4.69, 9.17) is 11.3 Å². The highest BCUT2D eigenvalue weighted by atomic mass is 19.1. The number of nitrogens with zero attached hydrogens (tertiary/aromatic N) is 2. The molecule has 5 rings (SSSR count). The van der Waals surface area contributed by atoms with E-state index >= 15 is 0 Å². The van der Waals surface area contributed by atoms with Crippen LogP contribution in [0, 0.1) is 12.4 Å². The lowest BCUT2D eigenvalue weighted by atomic mass is 9.70. The fourth-order valence-electron chi connectivity index (χ4n) is 6.29. The first-order valence-electron chi connectivity index (χ1n) is 12.6. The van der Waals surface area contributed by atoms with E-state index in [-0.39, 0.29) is 31.2 Å². The minimum absolute atomic E-state index is 0.0773. The third-order valence-electron chi connectivity index (χ3n) is 7.75. The van der Waals surface area contributed by atoms with Crippen molar-refractivity contribution < 1.29 is 29.2 Å². The predicted molar refractivity (Wildman–Crippen MR) is 141 cm³/mol. The molecule has 1 heterocycles. The molecule has 4 atom stereocenters. The molecule has 1 aliphatic heterocycles. The predicted octanol–water partition coefficient (Wildman–Crippen LogP) is 3.07. The van der Waals surface area contributed by atoms with Crippen molar-refractivity contribution in [2.24, 2.45) is 0 Å². The van der Waals surface area contributed by atoms with Crippen molar-refractivity contribution >= 4 is 11.6 Å². The normalized spacial score (nSPS) is 25.1. The van der Waals surface area contributed by atoms with Crippen LogP contribution in [0.15, 0.2) is 60.7 Å². The van der Waals surface area contributed by atoms with Gasteiger partial charge in [0.25, 0.3) is 0 Å². The highest BCUT2D eigenvalue weighted by Crippen LogP contribution is 2.67. The summed E-state index contributed by atoms with van der Waals surface area (Å²) < 4.78 is 21.3. The Morgan fingerprint density at radius 1 is 1.15 bits per heavy atom. The van der Waals surface area contributed by atoms with Crippen LogP contribution in [0.25, 0.3) is 4.85 Å². The van der Waals surface area contributed by atoms with Crippen molar-refractivity contribution in [3.05, 3.63) is 106 Å². The topological polar surface area (TPSA) is 107 Å². The number of fused-ring (bicyclic) bond motifs is 3. The maximum absolute atomic E-state index is 14.5. The summed E-state index contributed by atoms with van der Waals surface area (Å²) in [5, 5.41) is 36.2. The van der Waals surface area contributed by atoms with Crippen molar-refractivity contribution in [2.45, 2.75) is 42.8 Å². The van der Waals surface area contributed by atoms with Crippen molar-refractivity contribution in [1.82, 2.24) is 10.2 Å². The van der Waals surface area contributed by atoms with Crippen LogP contribution < -0.4 is 10.1 Å². The molecule has 0 bridgehead atoms. The Morgan fingerprint density at radius 2 is 1.90 bits per heavy atom. The van der Waals surface area contributed by atoms with Crippen molar-refractivity contribution in [1.29, 1.82) is 0 Å². The minimum Gasteiger partial charge on any atom is -0.478 e. The van der Waals surface area contributed by atoms with Gasteiger partial charge >= 0.3 is 0 Å². The van der Waals surface area contributed by atoms with Gasteiger partial charge in [-0.15, -0.1) is 0 Å².